The van der Waals surface area contributed by atoms with Crippen LogP contribution in [0.2, 0.25) is 5.02 Å². The second-order valence-electron chi connectivity index (χ2n) is 3.64. The van der Waals surface area contributed by atoms with E-state index >= 15 is 0 Å². The molecule has 2 rings (SSSR count). The number of anilines is 1. The predicted octanol–water partition coefficient (Wildman–Crippen LogP) is 0.957. The van der Waals surface area contributed by atoms with Crippen LogP contribution >= 0.6 is 23.4 Å². The van der Waals surface area contributed by atoms with E-state index in [-0.39, 0.29) is 16.7 Å². The topological polar surface area (TPSA) is 82.1 Å². The van der Waals surface area contributed by atoms with E-state index < -0.39 is 5.95 Å². The third-order valence-corrected chi connectivity index (χ3v) is 3.51. The summed E-state index contributed by atoms with van der Waals surface area (Å²) in [6.45, 7) is 0. The van der Waals surface area contributed by atoms with Crippen molar-refractivity contribution in [2.75, 3.05) is 11.1 Å². The smallest absolute Gasteiger partial charge is 0.291 e. The Kier molecular flexibility index (Phi) is 4.28. The van der Waals surface area contributed by atoms with Crippen LogP contribution in [0.4, 0.5) is 5.69 Å². The highest BCUT2D eigenvalue weighted by molar-refractivity contribution is 7.99. The molecule has 2 aromatic rings. The molecule has 0 aliphatic carbocycles. The van der Waals surface area contributed by atoms with Crippen molar-refractivity contribution in [1.29, 1.82) is 0 Å². The largest absolute Gasteiger partial charge is 0.538 e. The maximum Gasteiger partial charge on any atom is 0.291 e. The number of nitrogens with one attached hydrogen (secondary N) is 1. The first kappa shape index (κ1) is 13.7. The average molecular weight is 300 g/mol. The molecule has 0 saturated carbocycles. The average Bonchev–Trinajstić information content (AvgIpc) is 2.67. The van der Waals surface area contributed by atoms with Crippen LogP contribution in [0.5, 0.6) is 5.95 Å². The number of carbonyl (C=O) groups excluding carboxylic acids is 1. The van der Waals surface area contributed by atoms with Crippen molar-refractivity contribution in [3.05, 3.63) is 29.3 Å². The van der Waals surface area contributed by atoms with Crippen molar-refractivity contribution in [3.8, 4) is 5.95 Å². The highest BCUT2D eigenvalue weighted by Gasteiger charge is 2.15. The number of benzene rings is 1. The number of nitrogens with zero attached hydrogens (tertiary/aromatic N) is 2. The minimum absolute atomic E-state index is 0.0802. The zero-order valence-corrected chi connectivity index (χ0v) is 11.5. The number of halogens is 1. The molecule has 19 heavy (non-hydrogen) atoms. The van der Waals surface area contributed by atoms with Gasteiger partial charge in [-0.3, -0.25) is 4.79 Å². The number of hydrogen-bond donors (Lipinski definition) is 1. The molecule has 0 fully saturated rings. The third-order valence-electron chi connectivity index (χ3n) is 2.16. The summed E-state index contributed by atoms with van der Waals surface area (Å²) in [7, 11) is 1.57. The van der Waals surface area contributed by atoms with Crippen LogP contribution in [0.1, 0.15) is 0 Å². The standard InChI is InChI=1S/C11H10ClN3O3S/c1-15-10(11(17)18-14-15)19-6-9(16)13-8-4-2-3-7(12)5-8/h2-5H,6H2,1H3,(H-,13,14,16,17). The van der Waals surface area contributed by atoms with Crippen molar-refractivity contribution in [3.63, 3.8) is 0 Å². The second kappa shape index (κ2) is 5.94. The molecule has 8 heteroatoms. The molecule has 0 bridgehead atoms. The highest BCUT2D eigenvalue weighted by Crippen LogP contribution is 2.21. The molecule has 0 radical (unpaired) electrons. The SMILES string of the molecule is C[n+]1noc([O-])c1SCC(=O)Nc1cccc(Cl)c1. The lowest BCUT2D eigenvalue weighted by molar-refractivity contribution is -0.772. The van der Waals surface area contributed by atoms with Gasteiger partial charge in [-0.25, -0.2) is 0 Å². The lowest BCUT2D eigenvalue weighted by Crippen LogP contribution is -2.32. The maximum atomic E-state index is 11.7. The van der Waals surface area contributed by atoms with E-state index in [2.05, 4.69) is 15.1 Å². The van der Waals surface area contributed by atoms with Crippen LogP contribution in [0.25, 0.3) is 0 Å². The van der Waals surface area contributed by atoms with Gasteiger partial charge in [-0.05, 0) is 30.0 Å². The van der Waals surface area contributed by atoms with Gasteiger partial charge in [-0.15, -0.1) is 0 Å². The molecular formula is C11H10ClN3O3S. The summed E-state index contributed by atoms with van der Waals surface area (Å²) in [4.78, 5) is 11.7. The molecular weight excluding hydrogens is 290 g/mol. The van der Waals surface area contributed by atoms with Crippen molar-refractivity contribution in [2.24, 2.45) is 7.05 Å². The van der Waals surface area contributed by atoms with E-state index in [4.69, 9.17) is 11.6 Å². The number of thioether (sulfide) groups is 1. The van der Waals surface area contributed by atoms with Gasteiger partial charge in [-0.1, -0.05) is 22.3 Å². The van der Waals surface area contributed by atoms with Crippen LogP contribution in [0.3, 0.4) is 0 Å². The van der Waals surface area contributed by atoms with Gasteiger partial charge in [-0.2, -0.15) is 0 Å². The first-order valence-electron chi connectivity index (χ1n) is 5.27. The Morgan fingerprint density at radius 1 is 1.63 bits per heavy atom. The number of carbonyl (C=O) groups is 1. The van der Waals surface area contributed by atoms with Crippen LogP contribution in [0.15, 0.2) is 33.8 Å². The fraction of sp³-hybridized carbons (Fsp3) is 0.182. The fourth-order valence-electron chi connectivity index (χ4n) is 1.36. The zero-order valence-electron chi connectivity index (χ0n) is 9.92. The molecule has 0 saturated heterocycles. The van der Waals surface area contributed by atoms with Gasteiger partial charge in [0.1, 0.15) is 0 Å². The summed E-state index contributed by atoms with van der Waals surface area (Å²) in [5, 5.41) is 18.2. The van der Waals surface area contributed by atoms with E-state index in [0.717, 1.165) is 11.8 Å². The summed E-state index contributed by atoms with van der Waals surface area (Å²) in [6.07, 6.45) is 0. The van der Waals surface area contributed by atoms with Crippen LogP contribution in [0, 0.1) is 0 Å². The summed E-state index contributed by atoms with van der Waals surface area (Å²) in [6, 6.07) is 6.82. The molecule has 0 unspecified atom stereocenters. The summed E-state index contributed by atoms with van der Waals surface area (Å²) in [5.74, 6) is -0.715. The van der Waals surface area contributed by atoms with Gasteiger partial charge >= 0.3 is 0 Å². The normalized spacial score (nSPS) is 10.4. The molecule has 1 aromatic carbocycles. The Bertz CT molecular complexity index is 583. The number of rotatable bonds is 4. The summed E-state index contributed by atoms with van der Waals surface area (Å²) in [5.41, 5.74) is 0.607. The molecule has 1 amide bonds. The Balaban J connectivity index is 1.92. The lowest BCUT2D eigenvalue weighted by atomic mass is 10.3. The van der Waals surface area contributed by atoms with Gasteiger partial charge in [0.05, 0.1) is 11.0 Å². The minimum atomic E-state index is -0.553. The Morgan fingerprint density at radius 2 is 2.42 bits per heavy atom. The van der Waals surface area contributed by atoms with Crippen LogP contribution < -0.4 is 15.1 Å². The molecule has 6 nitrogen and oxygen atoms in total. The van der Waals surface area contributed by atoms with Crippen molar-refractivity contribution < 1.29 is 19.1 Å². The molecule has 100 valence electrons. The van der Waals surface area contributed by atoms with Gasteiger partial charge in [0, 0.05) is 10.7 Å². The fourth-order valence-corrected chi connectivity index (χ4v) is 2.26. The quantitative estimate of drug-likeness (QED) is 0.671. The second-order valence-corrected chi connectivity index (χ2v) is 5.04. The molecule has 0 aliphatic heterocycles. The van der Waals surface area contributed by atoms with Crippen LogP contribution in [-0.2, 0) is 11.8 Å². The number of aromatic nitrogens is 2. The number of amides is 1. The molecule has 1 N–H and O–H groups in total. The van der Waals surface area contributed by atoms with E-state index in [1.54, 1.807) is 31.3 Å². The Morgan fingerprint density at radius 3 is 3.05 bits per heavy atom. The van der Waals surface area contributed by atoms with E-state index in [1.807, 2.05) is 0 Å². The molecule has 1 heterocycles. The molecule has 0 spiro atoms. The molecule has 1 aromatic heterocycles. The Labute approximate surface area is 118 Å². The molecule has 0 aliphatic rings. The minimum Gasteiger partial charge on any atom is -0.538 e. The first-order chi connectivity index (χ1) is 9.06. The van der Waals surface area contributed by atoms with Gasteiger partial charge < -0.3 is 14.9 Å². The van der Waals surface area contributed by atoms with Crippen molar-refractivity contribution in [1.82, 2.24) is 5.27 Å². The summed E-state index contributed by atoms with van der Waals surface area (Å²) < 4.78 is 5.74. The monoisotopic (exact) mass is 299 g/mol. The highest BCUT2D eigenvalue weighted by atomic mass is 35.5. The van der Waals surface area contributed by atoms with Gasteiger partial charge in [0.15, 0.2) is 13.0 Å². The number of hydrogen-bond acceptors (Lipinski definition) is 5. The van der Waals surface area contributed by atoms with E-state index in [9.17, 15) is 9.90 Å². The lowest BCUT2D eigenvalue weighted by Gasteiger charge is -2.04. The van der Waals surface area contributed by atoms with Gasteiger partial charge in [0.25, 0.3) is 5.03 Å². The van der Waals surface area contributed by atoms with E-state index in [1.165, 1.54) is 4.68 Å². The maximum absolute atomic E-state index is 11.7. The third kappa shape index (κ3) is 3.62. The van der Waals surface area contributed by atoms with Crippen molar-refractivity contribution >= 4 is 35.0 Å². The zero-order chi connectivity index (χ0) is 13.8. The van der Waals surface area contributed by atoms with Crippen LogP contribution in [-0.4, -0.2) is 16.9 Å². The Hall–Kier alpha value is -1.73. The first-order valence-corrected chi connectivity index (χ1v) is 6.64. The molecule has 0 atom stereocenters. The predicted molar refractivity (Wildman–Crippen MR) is 67.9 cm³/mol. The number of aryl methyl sites for hydroxylation is 1. The van der Waals surface area contributed by atoms with Gasteiger partial charge in [0.2, 0.25) is 5.91 Å². The summed E-state index contributed by atoms with van der Waals surface area (Å²) >= 11 is 6.87. The van der Waals surface area contributed by atoms with Crippen molar-refractivity contribution in [2.45, 2.75) is 5.03 Å². The van der Waals surface area contributed by atoms with E-state index in [0.29, 0.717) is 10.7 Å².